The molecule has 2 atom stereocenters. The number of amides is 2. The Kier molecular flexibility index (Phi) is 11.6. The van der Waals surface area contributed by atoms with E-state index in [0.29, 0.717) is 11.3 Å². The van der Waals surface area contributed by atoms with Crippen LogP contribution in [0.15, 0.2) is 112 Å². The summed E-state index contributed by atoms with van der Waals surface area (Å²) in [5.41, 5.74) is 3.72. The maximum atomic E-state index is 14.6. The topological polar surface area (TPSA) is 86.8 Å². The summed E-state index contributed by atoms with van der Waals surface area (Å²) < 4.78 is 30.4. The Bertz CT molecular complexity index is 1690. The average Bonchev–Trinajstić information content (AvgIpc) is 3.03. The minimum Gasteiger partial charge on any atom is -0.352 e. The molecule has 0 radical (unpaired) electrons. The molecule has 0 heterocycles. The molecule has 0 saturated heterocycles. The Hall–Kier alpha value is -3.95. The van der Waals surface area contributed by atoms with Crippen molar-refractivity contribution in [2.24, 2.45) is 0 Å². The minimum atomic E-state index is -4.15. The second-order valence-corrected chi connectivity index (χ2v) is 14.1. The fourth-order valence-electron chi connectivity index (χ4n) is 4.98. The van der Waals surface area contributed by atoms with E-state index >= 15 is 0 Å². The lowest BCUT2D eigenvalue weighted by atomic mass is 10.0. The third-order valence-corrected chi connectivity index (χ3v) is 10.1. The number of hydrogen-bond donors (Lipinski definition) is 1. The van der Waals surface area contributed by atoms with E-state index in [-0.39, 0.29) is 29.8 Å². The van der Waals surface area contributed by atoms with Gasteiger partial charge in [0.1, 0.15) is 12.6 Å². The predicted molar refractivity (Wildman–Crippen MR) is 183 cm³/mol. The summed E-state index contributed by atoms with van der Waals surface area (Å²) in [5.74, 6) is -0.778. The Morgan fingerprint density at radius 3 is 2.07 bits per heavy atom. The molecule has 4 aromatic carbocycles. The number of carbonyl (C=O) groups is 2. The molecule has 0 spiro atoms. The van der Waals surface area contributed by atoms with E-state index in [1.165, 1.54) is 4.90 Å². The van der Waals surface area contributed by atoms with Gasteiger partial charge in [0.15, 0.2) is 0 Å². The van der Waals surface area contributed by atoms with E-state index in [0.717, 1.165) is 31.9 Å². The predicted octanol–water partition coefficient (Wildman–Crippen LogP) is 6.82. The highest BCUT2D eigenvalue weighted by atomic mass is 79.9. The second-order valence-electron chi connectivity index (χ2n) is 11.3. The summed E-state index contributed by atoms with van der Waals surface area (Å²) >= 11 is 3.47. The fourth-order valence-corrected chi connectivity index (χ4v) is 6.72. The summed E-state index contributed by atoms with van der Waals surface area (Å²) in [6, 6.07) is 29.8. The highest BCUT2D eigenvalue weighted by Gasteiger charge is 2.35. The molecule has 0 aliphatic carbocycles. The Morgan fingerprint density at radius 1 is 0.822 bits per heavy atom. The van der Waals surface area contributed by atoms with Crippen molar-refractivity contribution in [1.82, 2.24) is 10.2 Å². The molecular weight excluding hydrogens is 650 g/mol. The zero-order chi connectivity index (χ0) is 32.6. The summed E-state index contributed by atoms with van der Waals surface area (Å²) in [6.07, 6.45) is 0.987. The number of nitrogens with one attached hydrogen (secondary N) is 1. The number of sulfonamides is 1. The first kappa shape index (κ1) is 33.9. The van der Waals surface area contributed by atoms with E-state index in [2.05, 4.69) is 21.2 Å². The van der Waals surface area contributed by atoms with E-state index in [1.54, 1.807) is 36.4 Å². The normalized spacial score (nSPS) is 12.6. The minimum absolute atomic E-state index is 0.0824. The first-order valence-corrected chi connectivity index (χ1v) is 17.3. The molecule has 0 aliphatic heterocycles. The third kappa shape index (κ3) is 8.83. The van der Waals surface area contributed by atoms with E-state index in [1.807, 2.05) is 94.4 Å². The number of halogens is 1. The number of rotatable bonds is 13. The molecule has 0 saturated carbocycles. The smallest absolute Gasteiger partial charge is 0.264 e. The van der Waals surface area contributed by atoms with Crippen LogP contribution in [-0.2, 0) is 32.6 Å². The zero-order valence-corrected chi connectivity index (χ0v) is 28.5. The van der Waals surface area contributed by atoms with Crippen LogP contribution >= 0.6 is 15.9 Å². The van der Waals surface area contributed by atoms with Gasteiger partial charge >= 0.3 is 0 Å². The van der Waals surface area contributed by atoms with Crippen LogP contribution < -0.4 is 9.62 Å². The number of carbonyl (C=O) groups excluding carboxylic acids is 2. The number of nitrogens with zero attached hydrogens (tertiary/aromatic N) is 2. The van der Waals surface area contributed by atoms with Gasteiger partial charge in [-0.15, -0.1) is 0 Å². The van der Waals surface area contributed by atoms with Gasteiger partial charge in [0.05, 0.1) is 10.6 Å². The summed E-state index contributed by atoms with van der Waals surface area (Å²) in [7, 11) is -4.15. The molecule has 236 valence electrons. The fraction of sp³-hybridized carbons (Fsp3) is 0.278. The van der Waals surface area contributed by atoms with Gasteiger partial charge in [-0.1, -0.05) is 101 Å². The van der Waals surface area contributed by atoms with E-state index in [4.69, 9.17) is 0 Å². The van der Waals surface area contributed by atoms with Crippen LogP contribution in [0.3, 0.4) is 0 Å². The molecule has 2 amide bonds. The van der Waals surface area contributed by atoms with Crippen molar-refractivity contribution in [2.75, 3.05) is 10.8 Å². The van der Waals surface area contributed by atoms with E-state index < -0.39 is 28.5 Å². The number of para-hydroxylation sites is 1. The zero-order valence-electron chi connectivity index (χ0n) is 26.1. The van der Waals surface area contributed by atoms with Crippen molar-refractivity contribution in [1.29, 1.82) is 0 Å². The van der Waals surface area contributed by atoms with Crippen LogP contribution in [0.5, 0.6) is 0 Å². The van der Waals surface area contributed by atoms with Gasteiger partial charge < -0.3 is 10.2 Å². The molecule has 4 rings (SSSR count). The molecule has 0 aliphatic rings. The largest absolute Gasteiger partial charge is 0.352 e. The van der Waals surface area contributed by atoms with Crippen LogP contribution in [-0.4, -0.2) is 43.8 Å². The maximum absolute atomic E-state index is 14.6. The monoisotopic (exact) mass is 689 g/mol. The van der Waals surface area contributed by atoms with Crippen LogP contribution in [0.2, 0.25) is 0 Å². The van der Waals surface area contributed by atoms with Gasteiger partial charge in [-0.25, -0.2) is 8.42 Å². The number of hydrogen-bond acceptors (Lipinski definition) is 4. The van der Waals surface area contributed by atoms with Gasteiger partial charge in [-0.3, -0.25) is 13.9 Å². The standard InChI is InChI=1S/C36H40BrN3O4S/c1-5-28(4)38-36(42)34(23-29-12-7-6-8-13-29)39(24-30-17-19-31(37)20-18-30)35(41)25-40(33-14-10-9-11-27(33)3)45(43,44)32-21-15-26(2)16-22-32/h6-22,28,34H,5,23-25H2,1-4H3,(H,38,42)/t28-,34-/m0/s1. The Morgan fingerprint density at radius 2 is 1.44 bits per heavy atom. The Balaban J connectivity index is 1.81. The molecule has 0 aromatic heterocycles. The molecule has 4 aromatic rings. The average molecular weight is 691 g/mol. The van der Waals surface area contributed by atoms with Crippen LogP contribution in [0.1, 0.15) is 42.5 Å². The summed E-state index contributed by atoms with van der Waals surface area (Å²) in [4.78, 5) is 30.1. The second kappa shape index (κ2) is 15.4. The lowest BCUT2D eigenvalue weighted by Gasteiger charge is -2.34. The summed E-state index contributed by atoms with van der Waals surface area (Å²) in [5, 5.41) is 3.06. The molecule has 0 unspecified atom stereocenters. The number of anilines is 1. The van der Waals surface area contributed by atoms with Gasteiger partial charge in [-0.05, 0) is 74.2 Å². The van der Waals surface area contributed by atoms with Crippen molar-refractivity contribution < 1.29 is 18.0 Å². The van der Waals surface area contributed by atoms with Crippen molar-refractivity contribution in [3.63, 3.8) is 0 Å². The van der Waals surface area contributed by atoms with Crippen LogP contribution in [0.25, 0.3) is 0 Å². The number of aryl methyl sites for hydroxylation is 2. The first-order valence-electron chi connectivity index (χ1n) is 15.0. The molecule has 1 N–H and O–H groups in total. The molecule has 0 fully saturated rings. The highest BCUT2D eigenvalue weighted by molar-refractivity contribution is 9.10. The van der Waals surface area contributed by atoms with Crippen molar-refractivity contribution in [3.05, 3.63) is 130 Å². The quantitative estimate of drug-likeness (QED) is 0.167. The molecule has 9 heteroatoms. The lowest BCUT2D eigenvalue weighted by molar-refractivity contribution is -0.140. The molecular formula is C36H40BrN3O4S. The van der Waals surface area contributed by atoms with Gasteiger partial charge in [0.25, 0.3) is 10.0 Å². The molecule has 0 bridgehead atoms. The van der Waals surface area contributed by atoms with Crippen molar-refractivity contribution >= 4 is 43.5 Å². The van der Waals surface area contributed by atoms with Gasteiger partial charge in [0.2, 0.25) is 11.8 Å². The van der Waals surface area contributed by atoms with Gasteiger partial charge in [0, 0.05) is 23.5 Å². The van der Waals surface area contributed by atoms with Crippen LogP contribution in [0.4, 0.5) is 5.69 Å². The molecule has 7 nitrogen and oxygen atoms in total. The summed E-state index contributed by atoms with van der Waals surface area (Å²) in [6.45, 7) is 7.23. The SMILES string of the molecule is CC[C@H](C)NC(=O)[C@H](Cc1ccccc1)N(Cc1ccc(Br)cc1)C(=O)CN(c1ccccc1C)S(=O)(=O)c1ccc(C)cc1. The van der Waals surface area contributed by atoms with E-state index in [9.17, 15) is 18.0 Å². The highest BCUT2D eigenvalue weighted by Crippen LogP contribution is 2.28. The molecule has 45 heavy (non-hydrogen) atoms. The maximum Gasteiger partial charge on any atom is 0.264 e. The third-order valence-electron chi connectivity index (χ3n) is 7.81. The van der Waals surface area contributed by atoms with Crippen LogP contribution in [0, 0.1) is 13.8 Å². The Labute approximate surface area is 275 Å². The lowest BCUT2D eigenvalue weighted by Crippen LogP contribution is -2.54. The first-order chi connectivity index (χ1) is 21.5. The number of benzene rings is 4. The van der Waals surface area contributed by atoms with Gasteiger partial charge in [-0.2, -0.15) is 0 Å². The van der Waals surface area contributed by atoms with Crippen molar-refractivity contribution in [3.8, 4) is 0 Å². The van der Waals surface area contributed by atoms with Crippen molar-refractivity contribution in [2.45, 2.75) is 64.1 Å².